The van der Waals surface area contributed by atoms with E-state index in [1.807, 2.05) is 30.3 Å². The number of hydrogen-bond donors (Lipinski definition) is 0. The second-order valence-electron chi connectivity index (χ2n) is 6.42. The van der Waals surface area contributed by atoms with Crippen LogP contribution in [0.25, 0.3) is 5.76 Å². The lowest BCUT2D eigenvalue weighted by Gasteiger charge is -2.23. The van der Waals surface area contributed by atoms with Crippen molar-refractivity contribution in [1.82, 2.24) is 5.06 Å². The number of aryl methyl sites for hydroxylation is 1. The van der Waals surface area contributed by atoms with E-state index in [2.05, 4.69) is 11.7 Å². The largest absolute Gasteiger partial charge is 0.444 e. The molecule has 1 heterocycles. The van der Waals surface area contributed by atoms with Gasteiger partial charge >= 0.3 is 12.3 Å². The second kappa shape index (κ2) is 8.37. The molecule has 148 valence electrons. The highest BCUT2D eigenvalue weighted by molar-refractivity contribution is 5.72. The summed E-state index contributed by atoms with van der Waals surface area (Å²) in [6.45, 7) is 0.416. The van der Waals surface area contributed by atoms with Crippen LogP contribution < -0.4 is 0 Å². The Hall–Kier alpha value is -2.96. The van der Waals surface area contributed by atoms with Crippen LogP contribution in [0.4, 0.5) is 18.0 Å². The molecule has 0 aliphatic carbocycles. The summed E-state index contributed by atoms with van der Waals surface area (Å²) in [5, 5.41) is 0.830. The Morgan fingerprint density at radius 1 is 1.11 bits per heavy atom. The van der Waals surface area contributed by atoms with E-state index < -0.39 is 24.9 Å². The van der Waals surface area contributed by atoms with E-state index >= 15 is 0 Å². The van der Waals surface area contributed by atoms with E-state index in [1.165, 1.54) is 5.56 Å². The van der Waals surface area contributed by atoms with Crippen LogP contribution in [0, 0.1) is 0 Å². The SMILES string of the molecule is CCCc1ccc(C2=CC(c3ccccc3)N(C(=O)OCC(F)(F)F)O2)cc1. The van der Waals surface area contributed by atoms with E-state index in [0.29, 0.717) is 11.3 Å². The fourth-order valence-corrected chi connectivity index (χ4v) is 2.92. The number of hydrogen-bond acceptors (Lipinski definition) is 3. The highest BCUT2D eigenvalue weighted by atomic mass is 19.4. The van der Waals surface area contributed by atoms with Crippen LogP contribution >= 0.6 is 0 Å². The number of rotatable bonds is 5. The van der Waals surface area contributed by atoms with E-state index in [0.717, 1.165) is 23.5 Å². The van der Waals surface area contributed by atoms with E-state index in [1.54, 1.807) is 30.3 Å². The Morgan fingerprint density at radius 3 is 2.39 bits per heavy atom. The molecule has 0 radical (unpaired) electrons. The molecular formula is C21H20F3NO3. The number of carbonyl (C=O) groups is 1. The number of carbonyl (C=O) groups excluding carboxylic acids is 1. The van der Waals surface area contributed by atoms with E-state index in [-0.39, 0.29) is 0 Å². The van der Waals surface area contributed by atoms with Gasteiger partial charge in [0.05, 0.1) is 0 Å². The van der Waals surface area contributed by atoms with Crippen LogP contribution in [0.5, 0.6) is 0 Å². The summed E-state index contributed by atoms with van der Waals surface area (Å²) in [6, 6.07) is 15.9. The first-order chi connectivity index (χ1) is 13.4. The minimum absolute atomic E-state index is 0.390. The summed E-state index contributed by atoms with van der Waals surface area (Å²) in [5.74, 6) is 0.390. The molecule has 0 spiro atoms. The molecule has 1 atom stereocenters. The highest BCUT2D eigenvalue weighted by Crippen LogP contribution is 2.36. The third-order valence-electron chi connectivity index (χ3n) is 4.22. The molecule has 0 saturated carbocycles. The van der Waals surface area contributed by atoms with Gasteiger partial charge in [-0.05, 0) is 23.6 Å². The van der Waals surface area contributed by atoms with Gasteiger partial charge < -0.3 is 9.57 Å². The van der Waals surface area contributed by atoms with Crippen molar-refractivity contribution in [3.63, 3.8) is 0 Å². The Labute approximate surface area is 161 Å². The molecule has 1 unspecified atom stereocenters. The number of nitrogens with zero attached hydrogens (tertiary/aromatic N) is 1. The monoisotopic (exact) mass is 391 g/mol. The first kappa shape index (κ1) is 19.8. The van der Waals surface area contributed by atoms with Crippen LogP contribution in [0.1, 0.15) is 36.1 Å². The molecule has 0 fully saturated rings. The van der Waals surface area contributed by atoms with Gasteiger partial charge in [0.25, 0.3) is 0 Å². The van der Waals surface area contributed by atoms with Crippen molar-refractivity contribution in [2.75, 3.05) is 6.61 Å². The first-order valence-electron chi connectivity index (χ1n) is 8.94. The van der Waals surface area contributed by atoms with Crippen molar-refractivity contribution in [2.45, 2.75) is 32.0 Å². The quantitative estimate of drug-likeness (QED) is 0.659. The maximum absolute atomic E-state index is 12.4. The summed E-state index contributed by atoms with van der Waals surface area (Å²) in [6.07, 6.45) is -2.14. The molecule has 2 aromatic rings. The standard InChI is InChI=1S/C21H20F3NO3/c1-2-6-15-9-11-17(12-10-15)19-13-18(16-7-4-3-5-8-16)25(28-19)20(26)27-14-21(22,23)24/h3-5,7-13,18H,2,6,14H2,1H3. The van der Waals surface area contributed by atoms with Gasteiger partial charge in [0, 0.05) is 5.56 Å². The molecule has 2 aromatic carbocycles. The lowest BCUT2D eigenvalue weighted by molar-refractivity contribution is -0.171. The van der Waals surface area contributed by atoms with Gasteiger partial charge in [-0.2, -0.15) is 13.2 Å². The molecule has 3 rings (SSSR count). The maximum Gasteiger partial charge on any atom is 0.444 e. The average Bonchev–Trinajstić information content (AvgIpc) is 3.13. The van der Waals surface area contributed by atoms with Crippen molar-refractivity contribution in [3.05, 3.63) is 77.4 Å². The topological polar surface area (TPSA) is 38.8 Å². The molecule has 1 amide bonds. The number of benzene rings is 2. The molecule has 0 aromatic heterocycles. The smallest absolute Gasteiger partial charge is 0.438 e. The van der Waals surface area contributed by atoms with Gasteiger partial charge in [-0.25, -0.2) is 4.79 Å². The van der Waals surface area contributed by atoms with Crippen molar-refractivity contribution in [3.8, 4) is 0 Å². The van der Waals surface area contributed by atoms with Crippen LogP contribution in [-0.2, 0) is 16.0 Å². The van der Waals surface area contributed by atoms with Crippen molar-refractivity contribution < 1.29 is 27.5 Å². The minimum atomic E-state index is -4.61. The molecule has 0 bridgehead atoms. The van der Waals surface area contributed by atoms with Gasteiger partial charge in [-0.3, -0.25) is 0 Å². The van der Waals surface area contributed by atoms with Gasteiger partial charge in [0.15, 0.2) is 12.4 Å². The van der Waals surface area contributed by atoms with Crippen LogP contribution in [-0.4, -0.2) is 23.9 Å². The van der Waals surface area contributed by atoms with E-state index in [9.17, 15) is 18.0 Å². The first-order valence-corrected chi connectivity index (χ1v) is 8.94. The number of amides is 1. The highest BCUT2D eigenvalue weighted by Gasteiger charge is 2.37. The molecule has 0 N–H and O–H groups in total. The Kier molecular flexibility index (Phi) is 5.92. The van der Waals surface area contributed by atoms with Gasteiger partial charge in [-0.1, -0.05) is 67.9 Å². The molecule has 1 aliphatic heterocycles. The van der Waals surface area contributed by atoms with Crippen molar-refractivity contribution >= 4 is 11.9 Å². The zero-order chi connectivity index (χ0) is 20.1. The lowest BCUT2D eigenvalue weighted by atomic mass is 10.0. The molecule has 0 saturated heterocycles. The molecule has 4 nitrogen and oxygen atoms in total. The van der Waals surface area contributed by atoms with E-state index in [4.69, 9.17) is 4.84 Å². The average molecular weight is 391 g/mol. The lowest BCUT2D eigenvalue weighted by Crippen LogP contribution is -2.33. The number of alkyl halides is 3. The number of halogens is 3. The van der Waals surface area contributed by atoms with Crippen LogP contribution in [0.3, 0.4) is 0 Å². The third kappa shape index (κ3) is 4.85. The zero-order valence-corrected chi connectivity index (χ0v) is 15.3. The molecule has 28 heavy (non-hydrogen) atoms. The number of ether oxygens (including phenoxy) is 1. The maximum atomic E-state index is 12.4. The summed E-state index contributed by atoms with van der Waals surface area (Å²) >= 11 is 0. The number of hydroxylamine groups is 2. The second-order valence-corrected chi connectivity index (χ2v) is 6.42. The molecule has 1 aliphatic rings. The zero-order valence-electron chi connectivity index (χ0n) is 15.3. The fraction of sp³-hybridized carbons (Fsp3) is 0.286. The summed E-state index contributed by atoms with van der Waals surface area (Å²) in [7, 11) is 0. The van der Waals surface area contributed by atoms with Crippen LogP contribution in [0.15, 0.2) is 60.7 Å². The molecular weight excluding hydrogens is 371 g/mol. The summed E-state index contributed by atoms with van der Waals surface area (Å²) in [5.41, 5.74) is 2.60. The Bertz CT molecular complexity index is 832. The van der Waals surface area contributed by atoms with Gasteiger partial charge in [0.1, 0.15) is 6.04 Å². The van der Waals surface area contributed by atoms with Crippen molar-refractivity contribution in [2.24, 2.45) is 0 Å². The van der Waals surface area contributed by atoms with Crippen molar-refractivity contribution in [1.29, 1.82) is 0 Å². The Morgan fingerprint density at radius 2 is 1.79 bits per heavy atom. The summed E-state index contributed by atoms with van der Waals surface area (Å²) in [4.78, 5) is 17.8. The van der Waals surface area contributed by atoms with Gasteiger partial charge in [0.2, 0.25) is 0 Å². The van der Waals surface area contributed by atoms with Crippen LogP contribution in [0.2, 0.25) is 0 Å². The normalized spacial score (nSPS) is 16.5. The minimum Gasteiger partial charge on any atom is -0.438 e. The summed E-state index contributed by atoms with van der Waals surface area (Å²) < 4.78 is 41.6. The molecule has 7 heteroatoms. The third-order valence-corrected chi connectivity index (χ3v) is 4.22. The fourth-order valence-electron chi connectivity index (χ4n) is 2.92. The predicted octanol–water partition coefficient (Wildman–Crippen LogP) is 5.67. The predicted molar refractivity (Wildman–Crippen MR) is 97.9 cm³/mol. The van der Waals surface area contributed by atoms with Gasteiger partial charge in [-0.15, -0.1) is 5.06 Å². The Balaban J connectivity index is 1.83.